The second-order valence-corrected chi connectivity index (χ2v) is 7.27. The van der Waals surface area contributed by atoms with Crippen molar-refractivity contribution in [1.82, 2.24) is 24.9 Å². The molecule has 2 heterocycles. The molecule has 3 aromatic rings. The third kappa shape index (κ3) is 5.32. The second kappa shape index (κ2) is 9.51. The fourth-order valence-electron chi connectivity index (χ4n) is 2.92. The van der Waals surface area contributed by atoms with E-state index in [0.29, 0.717) is 23.2 Å². The molecule has 0 aliphatic heterocycles. The molecule has 9 heteroatoms. The summed E-state index contributed by atoms with van der Waals surface area (Å²) in [4.78, 5) is 32.9. The topological polar surface area (TPSA) is 98.5 Å². The van der Waals surface area contributed by atoms with Gasteiger partial charge in [0.25, 0.3) is 11.7 Å². The summed E-state index contributed by atoms with van der Waals surface area (Å²) in [5.41, 5.74) is 3.34. The van der Waals surface area contributed by atoms with Crippen molar-refractivity contribution >= 4 is 29.4 Å². The van der Waals surface area contributed by atoms with Gasteiger partial charge < -0.3 is 10.1 Å². The maximum absolute atomic E-state index is 12.2. The third-order valence-electron chi connectivity index (χ3n) is 4.48. The standard InChI is InChI=1S/C20H23N5O3S/c1-13-16(14(2)25-19(22-13)23-20(24-25)29-3)11-18(27)28-12-17(26)21-10-9-15-7-5-4-6-8-15/h4-8H,9-12H2,1-3H3,(H,21,26). The van der Waals surface area contributed by atoms with Crippen molar-refractivity contribution in [3.05, 3.63) is 52.8 Å². The van der Waals surface area contributed by atoms with Gasteiger partial charge >= 0.3 is 5.97 Å². The zero-order chi connectivity index (χ0) is 20.8. The molecule has 0 fully saturated rings. The van der Waals surface area contributed by atoms with Gasteiger partial charge in [0.15, 0.2) is 6.61 Å². The molecular weight excluding hydrogens is 390 g/mol. The molecule has 1 amide bonds. The van der Waals surface area contributed by atoms with Gasteiger partial charge in [-0.2, -0.15) is 4.98 Å². The first-order chi connectivity index (χ1) is 14.0. The van der Waals surface area contributed by atoms with Gasteiger partial charge in [0.05, 0.1) is 6.42 Å². The van der Waals surface area contributed by atoms with E-state index in [9.17, 15) is 9.59 Å². The van der Waals surface area contributed by atoms with Crippen molar-refractivity contribution in [2.45, 2.75) is 31.8 Å². The van der Waals surface area contributed by atoms with Gasteiger partial charge in [0, 0.05) is 23.5 Å². The lowest BCUT2D eigenvalue weighted by atomic mass is 10.1. The van der Waals surface area contributed by atoms with E-state index in [1.165, 1.54) is 11.8 Å². The van der Waals surface area contributed by atoms with Crippen LogP contribution in [0, 0.1) is 13.8 Å². The maximum atomic E-state index is 12.2. The largest absolute Gasteiger partial charge is 0.455 e. The first kappa shape index (κ1) is 20.8. The Labute approximate surface area is 173 Å². The van der Waals surface area contributed by atoms with Crippen LogP contribution in [0.15, 0.2) is 35.5 Å². The molecule has 0 aliphatic carbocycles. The van der Waals surface area contributed by atoms with Crippen molar-refractivity contribution in [1.29, 1.82) is 0 Å². The number of aryl methyl sites for hydroxylation is 2. The fraction of sp³-hybridized carbons (Fsp3) is 0.350. The highest BCUT2D eigenvalue weighted by atomic mass is 32.2. The maximum Gasteiger partial charge on any atom is 0.310 e. The van der Waals surface area contributed by atoms with E-state index in [1.807, 2.05) is 50.4 Å². The summed E-state index contributed by atoms with van der Waals surface area (Å²) in [5, 5.41) is 7.73. The average molecular weight is 414 g/mol. The van der Waals surface area contributed by atoms with Gasteiger partial charge in [-0.05, 0) is 32.1 Å². The lowest BCUT2D eigenvalue weighted by Crippen LogP contribution is -2.30. The molecule has 2 aromatic heterocycles. The number of benzene rings is 1. The second-order valence-electron chi connectivity index (χ2n) is 6.49. The highest BCUT2D eigenvalue weighted by Gasteiger charge is 2.17. The summed E-state index contributed by atoms with van der Waals surface area (Å²) in [6, 6.07) is 9.85. The van der Waals surface area contributed by atoms with Crippen LogP contribution in [0.25, 0.3) is 5.78 Å². The number of thioether (sulfide) groups is 1. The Hall–Kier alpha value is -2.94. The SMILES string of the molecule is CSc1nc2nc(C)c(CC(=O)OCC(=O)NCCc3ccccc3)c(C)n2n1. The van der Waals surface area contributed by atoms with Crippen LogP contribution >= 0.6 is 11.8 Å². The van der Waals surface area contributed by atoms with Crippen molar-refractivity contribution in [2.24, 2.45) is 0 Å². The minimum Gasteiger partial charge on any atom is -0.455 e. The van der Waals surface area contributed by atoms with Gasteiger partial charge in [-0.15, -0.1) is 5.10 Å². The summed E-state index contributed by atoms with van der Waals surface area (Å²) < 4.78 is 6.75. The molecule has 0 radical (unpaired) electrons. The van der Waals surface area contributed by atoms with Crippen LogP contribution in [0.4, 0.5) is 0 Å². The number of nitrogens with one attached hydrogen (secondary N) is 1. The van der Waals surface area contributed by atoms with E-state index in [1.54, 1.807) is 4.52 Å². The first-order valence-corrected chi connectivity index (χ1v) is 10.4. The molecule has 0 aliphatic rings. The minimum absolute atomic E-state index is 0.0202. The van der Waals surface area contributed by atoms with E-state index in [2.05, 4.69) is 20.4 Å². The number of ether oxygens (including phenoxy) is 1. The molecule has 29 heavy (non-hydrogen) atoms. The smallest absolute Gasteiger partial charge is 0.310 e. The number of fused-ring (bicyclic) bond motifs is 1. The molecule has 0 saturated carbocycles. The van der Waals surface area contributed by atoms with Crippen molar-refractivity contribution in [3.8, 4) is 0 Å². The van der Waals surface area contributed by atoms with E-state index in [-0.39, 0.29) is 18.9 Å². The predicted octanol–water partition coefficient (Wildman–Crippen LogP) is 1.91. The monoisotopic (exact) mass is 413 g/mol. The number of rotatable bonds is 8. The molecule has 1 N–H and O–H groups in total. The highest BCUT2D eigenvalue weighted by Crippen LogP contribution is 2.17. The third-order valence-corrected chi connectivity index (χ3v) is 5.01. The number of hydrogen-bond donors (Lipinski definition) is 1. The van der Waals surface area contributed by atoms with Crippen LogP contribution < -0.4 is 5.32 Å². The Kier molecular flexibility index (Phi) is 6.82. The molecule has 3 rings (SSSR count). The molecule has 1 aromatic carbocycles. The average Bonchev–Trinajstić information content (AvgIpc) is 3.13. The van der Waals surface area contributed by atoms with Gasteiger partial charge in [-0.3, -0.25) is 9.59 Å². The zero-order valence-corrected chi connectivity index (χ0v) is 17.5. The normalized spacial score (nSPS) is 10.9. The van der Waals surface area contributed by atoms with Gasteiger partial charge in [-0.1, -0.05) is 42.1 Å². The van der Waals surface area contributed by atoms with Crippen LogP contribution in [-0.4, -0.2) is 50.9 Å². The summed E-state index contributed by atoms with van der Waals surface area (Å²) in [5.74, 6) is -0.308. The Bertz CT molecular complexity index is 1020. The molecule has 8 nitrogen and oxygen atoms in total. The summed E-state index contributed by atoms with van der Waals surface area (Å²) in [7, 11) is 0. The van der Waals surface area contributed by atoms with E-state index >= 15 is 0 Å². The fourth-order valence-corrected chi connectivity index (χ4v) is 3.25. The number of nitrogens with zero attached hydrogens (tertiary/aromatic N) is 4. The Morgan fingerprint density at radius 3 is 2.66 bits per heavy atom. The highest BCUT2D eigenvalue weighted by molar-refractivity contribution is 7.98. The quantitative estimate of drug-likeness (QED) is 0.445. The Morgan fingerprint density at radius 1 is 1.17 bits per heavy atom. The number of hydrogen-bond acceptors (Lipinski definition) is 7. The molecule has 0 saturated heterocycles. The van der Waals surface area contributed by atoms with E-state index in [4.69, 9.17) is 4.74 Å². The van der Waals surface area contributed by atoms with Gasteiger partial charge in [0.2, 0.25) is 5.16 Å². The zero-order valence-electron chi connectivity index (χ0n) is 16.6. The summed E-state index contributed by atoms with van der Waals surface area (Å²) in [6.45, 7) is 3.86. The summed E-state index contributed by atoms with van der Waals surface area (Å²) in [6.07, 6.45) is 2.63. The lowest BCUT2D eigenvalue weighted by Gasteiger charge is -2.10. The van der Waals surface area contributed by atoms with E-state index in [0.717, 1.165) is 23.2 Å². The number of aromatic nitrogens is 4. The van der Waals surface area contributed by atoms with Crippen molar-refractivity contribution in [2.75, 3.05) is 19.4 Å². The van der Waals surface area contributed by atoms with Crippen molar-refractivity contribution < 1.29 is 14.3 Å². The van der Waals surface area contributed by atoms with Crippen LogP contribution in [-0.2, 0) is 27.2 Å². The van der Waals surface area contributed by atoms with Crippen LogP contribution in [0.3, 0.4) is 0 Å². The molecule has 0 spiro atoms. The van der Waals surface area contributed by atoms with Crippen LogP contribution in [0.2, 0.25) is 0 Å². The number of carbonyl (C=O) groups excluding carboxylic acids is 2. The number of esters is 1. The molecule has 0 unspecified atom stereocenters. The molecule has 152 valence electrons. The Morgan fingerprint density at radius 2 is 1.93 bits per heavy atom. The Balaban J connectivity index is 1.52. The molecule has 0 atom stereocenters. The predicted molar refractivity (Wildman–Crippen MR) is 110 cm³/mol. The number of amides is 1. The minimum atomic E-state index is -0.485. The van der Waals surface area contributed by atoms with Crippen LogP contribution in [0.1, 0.15) is 22.5 Å². The van der Waals surface area contributed by atoms with Crippen LogP contribution in [0.5, 0.6) is 0 Å². The number of carbonyl (C=O) groups is 2. The summed E-state index contributed by atoms with van der Waals surface area (Å²) >= 11 is 1.43. The van der Waals surface area contributed by atoms with E-state index < -0.39 is 5.97 Å². The molecule has 0 bridgehead atoms. The molecular formula is C20H23N5O3S. The van der Waals surface area contributed by atoms with Crippen molar-refractivity contribution in [3.63, 3.8) is 0 Å². The van der Waals surface area contributed by atoms with Gasteiger partial charge in [0.1, 0.15) is 0 Å². The first-order valence-electron chi connectivity index (χ1n) is 9.21. The lowest BCUT2D eigenvalue weighted by molar-refractivity contribution is -0.147. The van der Waals surface area contributed by atoms with Gasteiger partial charge in [-0.25, -0.2) is 9.50 Å².